The first-order valence-corrected chi connectivity index (χ1v) is 8.77. The molecule has 1 spiro atoms. The summed E-state index contributed by atoms with van der Waals surface area (Å²) < 4.78 is 6.85. The van der Waals surface area contributed by atoms with Crippen molar-refractivity contribution in [1.29, 1.82) is 0 Å². The Morgan fingerprint density at radius 3 is 2.36 bits per heavy atom. The van der Waals surface area contributed by atoms with E-state index < -0.39 is 0 Å². The first-order chi connectivity index (χ1) is 10.9. The van der Waals surface area contributed by atoms with E-state index in [1.165, 1.54) is 54.9 Å². The SMILES string of the molecule is C1=CC2(Oc3c1ccc1ccccc31)C1CCCC2CCC1. The Morgan fingerprint density at radius 2 is 1.59 bits per heavy atom. The van der Waals surface area contributed by atoms with Crippen molar-refractivity contribution in [3.8, 4) is 5.75 Å². The van der Waals surface area contributed by atoms with Crippen molar-refractivity contribution >= 4 is 16.8 Å². The quantitative estimate of drug-likeness (QED) is 0.615. The molecule has 2 aromatic carbocycles. The molecular weight excluding hydrogens is 268 g/mol. The molecule has 0 unspecified atom stereocenters. The fourth-order valence-corrected chi connectivity index (χ4v) is 5.12. The van der Waals surface area contributed by atoms with Crippen LogP contribution < -0.4 is 4.74 Å². The van der Waals surface area contributed by atoms with E-state index in [2.05, 4.69) is 48.6 Å². The molecule has 5 rings (SSSR count). The van der Waals surface area contributed by atoms with Crippen molar-refractivity contribution in [3.63, 3.8) is 0 Å². The Balaban J connectivity index is 1.68. The highest BCUT2D eigenvalue weighted by atomic mass is 16.5. The van der Waals surface area contributed by atoms with E-state index in [9.17, 15) is 0 Å². The van der Waals surface area contributed by atoms with Gasteiger partial charge in [-0.25, -0.2) is 0 Å². The number of fused-ring (bicyclic) bond motifs is 3. The van der Waals surface area contributed by atoms with Gasteiger partial charge < -0.3 is 4.74 Å². The molecule has 22 heavy (non-hydrogen) atoms. The lowest BCUT2D eigenvalue weighted by Gasteiger charge is -2.52. The normalized spacial score (nSPS) is 32.7. The second-order valence-electron chi connectivity index (χ2n) is 7.25. The molecule has 3 aliphatic rings. The highest BCUT2D eigenvalue weighted by molar-refractivity contribution is 5.92. The van der Waals surface area contributed by atoms with Gasteiger partial charge in [-0.15, -0.1) is 0 Å². The first-order valence-electron chi connectivity index (χ1n) is 8.77. The molecule has 0 atom stereocenters. The zero-order valence-electron chi connectivity index (χ0n) is 12.9. The molecule has 0 aromatic heterocycles. The third kappa shape index (κ3) is 1.65. The number of hydrogen-bond donors (Lipinski definition) is 0. The van der Waals surface area contributed by atoms with Crippen LogP contribution in [0.3, 0.4) is 0 Å². The molecule has 2 fully saturated rings. The molecular formula is C21H22O. The zero-order valence-corrected chi connectivity index (χ0v) is 12.9. The molecule has 112 valence electrons. The maximum atomic E-state index is 6.85. The number of hydrogen-bond acceptors (Lipinski definition) is 1. The molecule has 2 aliphatic carbocycles. The van der Waals surface area contributed by atoms with E-state index >= 15 is 0 Å². The zero-order chi connectivity index (χ0) is 14.6. The molecule has 1 heteroatoms. The average Bonchev–Trinajstić information content (AvgIpc) is 2.54. The third-order valence-corrected chi connectivity index (χ3v) is 6.20. The summed E-state index contributed by atoms with van der Waals surface area (Å²) in [7, 11) is 0. The number of benzene rings is 2. The second kappa shape index (κ2) is 4.62. The Bertz CT molecular complexity index is 736. The van der Waals surface area contributed by atoms with Gasteiger partial charge in [-0.05, 0) is 37.1 Å². The minimum Gasteiger partial charge on any atom is -0.481 e. The summed E-state index contributed by atoms with van der Waals surface area (Å²) in [4.78, 5) is 0. The molecule has 1 heterocycles. The maximum absolute atomic E-state index is 6.85. The highest BCUT2D eigenvalue weighted by Crippen LogP contribution is 2.53. The Morgan fingerprint density at radius 1 is 0.864 bits per heavy atom. The molecule has 2 aromatic rings. The monoisotopic (exact) mass is 290 g/mol. The molecule has 0 saturated heterocycles. The lowest BCUT2D eigenvalue weighted by atomic mass is 9.60. The lowest BCUT2D eigenvalue weighted by molar-refractivity contribution is -0.0604. The Kier molecular flexibility index (Phi) is 2.68. The van der Waals surface area contributed by atoms with Gasteiger partial charge in [-0.3, -0.25) is 0 Å². The summed E-state index contributed by atoms with van der Waals surface area (Å²) in [6.45, 7) is 0. The van der Waals surface area contributed by atoms with E-state index in [0.717, 1.165) is 5.75 Å². The van der Waals surface area contributed by atoms with Crippen molar-refractivity contribution < 1.29 is 4.74 Å². The summed E-state index contributed by atoms with van der Waals surface area (Å²) in [5.74, 6) is 2.55. The molecule has 0 amide bonds. The predicted octanol–water partition coefficient (Wildman–Crippen LogP) is 5.58. The maximum Gasteiger partial charge on any atom is 0.135 e. The summed E-state index contributed by atoms with van der Waals surface area (Å²) in [6.07, 6.45) is 12.9. The molecule has 0 N–H and O–H groups in total. The average molecular weight is 290 g/mol. The molecule has 0 radical (unpaired) electrons. The standard InChI is InChI=1S/C21H22O/c1-2-10-19-15(5-1)11-12-16-13-14-21(22-20(16)19)17-6-3-7-18(21)9-4-8-17/h1-2,5,10-14,17-18H,3-4,6-9H2. The smallest absolute Gasteiger partial charge is 0.135 e. The fraction of sp³-hybridized carbons (Fsp3) is 0.429. The van der Waals surface area contributed by atoms with E-state index in [-0.39, 0.29) is 5.60 Å². The fourth-order valence-electron chi connectivity index (χ4n) is 5.12. The highest BCUT2D eigenvalue weighted by Gasteiger charge is 2.51. The summed E-state index contributed by atoms with van der Waals surface area (Å²) in [5.41, 5.74) is 1.22. The van der Waals surface area contributed by atoms with Gasteiger partial charge in [0.25, 0.3) is 0 Å². The predicted molar refractivity (Wildman–Crippen MR) is 91.0 cm³/mol. The minimum atomic E-state index is -0.0202. The van der Waals surface area contributed by atoms with Crippen molar-refractivity contribution in [2.45, 2.75) is 44.1 Å². The van der Waals surface area contributed by atoms with E-state index in [0.29, 0.717) is 11.8 Å². The van der Waals surface area contributed by atoms with Crippen LogP contribution in [0.15, 0.2) is 42.5 Å². The van der Waals surface area contributed by atoms with Gasteiger partial charge in [0.2, 0.25) is 0 Å². The van der Waals surface area contributed by atoms with Gasteiger partial charge in [0.15, 0.2) is 0 Å². The second-order valence-corrected chi connectivity index (χ2v) is 7.25. The number of rotatable bonds is 0. The van der Waals surface area contributed by atoms with Crippen LogP contribution in [0.1, 0.15) is 44.1 Å². The summed E-state index contributed by atoms with van der Waals surface area (Å²) >= 11 is 0. The van der Waals surface area contributed by atoms with Crippen molar-refractivity contribution in [3.05, 3.63) is 48.0 Å². The van der Waals surface area contributed by atoms with Crippen LogP contribution in [-0.4, -0.2) is 5.60 Å². The van der Waals surface area contributed by atoms with Gasteiger partial charge in [-0.2, -0.15) is 0 Å². The molecule has 1 nitrogen and oxygen atoms in total. The lowest BCUT2D eigenvalue weighted by Crippen LogP contribution is -2.54. The van der Waals surface area contributed by atoms with Gasteiger partial charge in [0.05, 0.1) is 0 Å². The van der Waals surface area contributed by atoms with Crippen LogP contribution in [0.25, 0.3) is 16.8 Å². The van der Waals surface area contributed by atoms with Crippen molar-refractivity contribution in [2.24, 2.45) is 11.8 Å². The van der Waals surface area contributed by atoms with Crippen LogP contribution in [0, 0.1) is 11.8 Å². The van der Waals surface area contributed by atoms with Gasteiger partial charge in [0, 0.05) is 22.8 Å². The van der Waals surface area contributed by atoms with Gasteiger partial charge >= 0.3 is 0 Å². The molecule has 1 aliphatic heterocycles. The van der Waals surface area contributed by atoms with E-state index in [1.54, 1.807) is 0 Å². The molecule has 2 bridgehead atoms. The Hall–Kier alpha value is -1.76. The Labute approximate surface area is 132 Å². The largest absolute Gasteiger partial charge is 0.481 e. The van der Waals surface area contributed by atoms with Gasteiger partial charge in [0.1, 0.15) is 11.4 Å². The van der Waals surface area contributed by atoms with E-state index in [1.807, 2.05) is 0 Å². The van der Waals surface area contributed by atoms with Crippen LogP contribution in [0.2, 0.25) is 0 Å². The summed E-state index contributed by atoms with van der Waals surface area (Å²) in [5, 5.41) is 2.56. The van der Waals surface area contributed by atoms with Crippen LogP contribution in [0.5, 0.6) is 5.75 Å². The molecule has 2 saturated carbocycles. The number of ether oxygens (including phenoxy) is 1. The van der Waals surface area contributed by atoms with Crippen LogP contribution >= 0.6 is 0 Å². The first kappa shape index (κ1) is 12.8. The van der Waals surface area contributed by atoms with E-state index in [4.69, 9.17) is 4.74 Å². The third-order valence-electron chi connectivity index (χ3n) is 6.20. The van der Waals surface area contributed by atoms with Crippen LogP contribution in [-0.2, 0) is 0 Å². The van der Waals surface area contributed by atoms with Gasteiger partial charge in [-0.1, -0.05) is 55.3 Å². The topological polar surface area (TPSA) is 9.23 Å². The van der Waals surface area contributed by atoms with Crippen molar-refractivity contribution in [2.75, 3.05) is 0 Å². The minimum absolute atomic E-state index is 0.0202. The van der Waals surface area contributed by atoms with Crippen molar-refractivity contribution in [1.82, 2.24) is 0 Å². The summed E-state index contributed by atoms with van der Waals surface area (Å²) in [6, 6.07) is 13.0. The van der Waals surface area contributed by atoms with Crippen LogP contribution in [0.4, 0.5) is 0 Å².